The maximum atomic E-state index is 12.0. The number of pyridine rings is 1. The van der Waals surface area contributed by atoms with E-state index in [-0.39, 0.29) is 18.6 Å². The van der Waals surface area contributed by atoms with Crippen molar-refractivity contribution in [3.63, 3.8) is 0 Å². The predicted molar refractivity (Wildman–Crippen MR) is 84.0 cm³/mol. The molecule has 3 rings (SSSR count). The molecule has 1 N–H and O–H groups in total. The Balaban J connectivity index is 1.47. The van der Waals surface area contributed by atoms with E-state index in [4.69, 9.17) is 4.74 Å². The monoisotopic (exact) mass is 352 g/mol. The zero-order valence-corrected chi connectivity index (χ0v) is 13.8. The van der Waals surface area contributed by atoms with Crippen LogP contribution < -0.4 is 10.1 Å². The summed E-state index contributed by atoms with van der Waals surface area (Å²) in [4.78, 5) is 16.1. The highest BCUT2D eigenvalue weighted by Crippen LogP contribution is 2.49. The van der Waals surface area contributed by atoms with Crippen molar-refractivity contribution < 1.29 is 9.53 Å². The van der Waals surface area contributed by atoms with Crippen LogP contribution in [0.25, 0.3) is 0 Å². The molecule has 21 heavy (non-hydrogen) atoms. The summed E-state index contributed by atoms with van der Waals surface area (Å²) in [6, 6.07) is 3.83. The molecule has 2 bridgehead atoms. The second-order valence-corrected chi connectivity index (χ2v) is 7.03. The maximum absolute atomic E-state index is 12.0. The van der Waals surface area contributed by atoms with Gasteiger partial charge < -0.3 is 10.1 Å². The lowest BCUT2D eigenvalue weighted by Crippen LogP contribution is -2.42. The second kappa shape index (κ2) is 6.34. The van der Waals surface area contributed by atoms with Gasteiger partial charge in [0.2, 0.25) is 0 Å². The van der Waals surface area contributed by atoms with Crippen LogP contribution in [-0.4, -0.2) is 23.5 Å². The standard InChI is InChI=1S/C16H21BrN2O2/c1-10(13-8-11-4-5-12(13)7-11)19-15(20)9-21-14-3-2-6-18-16(14)17/h2-3,6,10-13H,4-5,7-9H2,1H3,(H,19,20)/t10-,11-,12-,13-/m0/s1. The number of aromatic nitrogens is 1. The third-order valence-electron chi connectivity index (χ3n) is 4.91. The van der Waals surface area contributed by atoms with Gasteiger partial charge in [0.25, 0.3) is 5.91 Å². The molecule has 4 atom stereocenters. The van der Waals surface area contributed by atoms with E-state index in [1.54, 1.807) is 18.3 Å². The molecule has 0 unspecified atom stereocenters. The molecule has 2 aliphatic carbocycles. The number of rotatable bonds is 5. The van der Waals surface area contributed by atoms with Crippen molar-refractivity contribution in [1.29, 1.82) is 0 Å². The Labute approximate surface area is 133 Å². The number of carbonyl (C=O) groups is 1. The Bertz CT molecular complexity index is 523. The van der Waals surface area contributed by atoms with Crippen LogP contribution in [0.5, 0.6) is 5.75 Å². The minimum Gasteiger partial charge on any atom is -0.481 e. The zero-order valence-electron chi connectivity index (χ0n) is 12.2. The molecule has 0 saturated heterocycles. The highest BCUT2D eigenvalue weighted by atomic mass is 79.9. The largest absolute Gasteiger partial charge is 0.481 e. The topological polar surface area (TPSA) is 51.2 Å². The van der Waals surface area contributed by atoms with Crippen LogP contribution in [0.3, 0.4) is 0 Å². The van der Waals surface area contributed by atoms with Crippen LogP contribution >= 0.6 is 15.9 Å². The number of nitrogens with one attached hydrogen (secondary N) is 1. The van der Waals surface area contributed by atoms with Gasteiger partial charge in [0, 0.05) is 12.2 Å². The van der Waals surface area contributed by atoms with Crippen molar-refractivity contribution in [3.8, 4) is 5.75 Å². The summed E-state index contributed by atoms with van der Waals surface area (Å²) in [6.07, 6.45) is 7.05. The third-order valence-corrected chi connectivity index (χ3v) is 5.50. The molecule has 1 aromatic heterocycles. The molecule has 2 fully saturated rings. The van der Waals surface area contributed by atoms with Gasteiger partial charge in [0.1, 0.15) is 4.60 Å². The molecule has 0 aliphatic heterocycles. The molecule has 114 valence electrons. The van der Waals surface area contributed by atoms with Crippen molar-refractivity contribution in [2.24, 2.45) is 17.8 Å². The Morgan fingerprint density at radius 3 is 3.05 bits per heavy atom. The molecule has 2 aliphatic rings. The summed E-state index contributed by atoms with van der Waals surface area (Å²) < 4.78 is 6.13. The molecule has 2 saturated carbocycles. The molecule has 4 nitrogen and oxygen atoms in total. The first-order chi connectivity index (χ1) is 10.1. The molecule has 0 aromatic carbocycles. The smallest absolute Gasteiger partial charge is 0.258 e. The van der Waals surface area contributed by atoms with Crippen molar-refractivity contribution in [3.05, 3.63) is 22.9 Å². The lowest BCUT2D eigenvalue weighted by molar-refractivity contribution is -0.124. The summed E-state index contributed by atoms with van der Waals surface area (Å²) in [5.41, 5.74) is 0. The number of hydrogen-bond donors (Lipinski definition) is 1. The van der Waals surface area contributed by atoms with E-state index in [2.05, 4.69) is 33.2 Å². The first-order valence-corrected chi connectivity index (χ1v) is 8.45. The van der Waals surface area contributed by atoms with Crippen molar-refractivity contribution in [2.75, 3.05) is 6.61 Å². The summed E-state index contributed by atoms with van der Waals surface area (Å²) in [5.74, 6) is 2.92. The van der Waals surface area contributed by atoms with Gasteiger partial charge in [-0.05, 0) is 72.0 Å². The summed E-state index contributed by atoms with van der Waals surface area (Å²) in [7, 11) is 0. The maximum Gasteiger partial charge on any atom is 0.258 e. The second-order valence-electron chi connectivity index (χ2n) is 6.28. The molecule has 1 heterocycles. The quantitative estimate of drug-likeness (QED) is 0.828. The fourth-order valence-electron chi connectivity index (χ4n) is 3.93. The van der Waals surface area contributed by atoms with Crippen LogP contribution in [0.1, 0.15) is 32.6 Å². The van der Waals surface area contributed by atoms with Gasteiger partial charge in [0.05, 0.1) is 0 Å². The van der Waals surface area contributed by atoms with Gasteiger partial charge in [-0.25, -0.2) is 4.98 Å². The fourth-order valence-corrected chi connectivity index (χ4v) is 4.30. The molecule has 0 spiro atoms. The first kappa shape index (κ1) is 14.8. The average molecular weight is 353 g/mol. The molecule has 0 radical (unpaired) electrons. The lowest BCUT2D eigenvalue weighted by atomic mass is 9.84. The van der Waals surface area contributed by atoms with Crippen LogP contribution in [0.2, 0.25) is 0 Å². The van der Waals surface area contributed by atoms with Gasteiger partial charge in [-0.15, -0.1) is 0 Å². The highest BCUT2D eigenvalue weighted by Gasteiger charge is 2.42. The number of carbonyl (C=O) groups excluding carboxylic acids is 1. The fraction of sp³-hybridized carbons (Fsp3) is 0.625. The number of fused-ring (bicyclic) bond motifs is 2. The van der Waals surface area contributed by atoms with E-state index in [1.165, 1.54) is 25.7 Å². The van der Waals surface area contributed by atoms with Crippen LogP contribution in [0.4, 0.5) is 0 Å². The van der Waals surface area contributed by atoms with E-state index in [0.29, 0.717) is 16.3 Å². The Kier molecular flexibility index (Phi) is 4.48. The minimum atomic E-state index is -0.0546. The van der Waals surface area contributed by atoms with Crippen molar-refractivity contribution in [1.82, 2.24) is 10.3 Å². The van der Waals surface area contributed by atoms with E-state index < -0.39 is 0 Å². The SMILES string of the molecule is C[C@H](NC(=O)COc1cccnc1Br)[C@@H]1C[C@H]2CC[C@H]1C2. The Morgan fingerprint density at radius 1 is 1.52 bits per heavy atom. The van der Waals surface area contributed by atoms with Gasteiger partial charge in [-0.2, -0.15) is 0 Å². The van der Waals surface area contributed by atoms with Crippen molar-refractivity contribution >= 4 is 21.8 Å². The van der Waals surface area contributed by atoms with Crippen LogP contribution in [0, 0.1) is 17.8 Å². The number of hydrogen-bond acceptors (Lipinski definition) is 3. The van der Waals surface area contributed by atoms with E-state index in [9.17, 15) is 4.79 Å². The van der Waals surface area contributed by atoms with Gasteiger partial charge >= 0.3 is 0 Å². The van der Waals surface area contributed by atoms with Gasteiger partial charge in [0.15, 0.2) is 12.4 Å². The molecular weight excluding hydrogens is 332 g/mol. The lowest BCUT2D eigenvalue weighted by Gasteiger charge is -2.28. The number of amides is 1. The van der Waals surface area contributed by atoms with E-state index in [0.717, 1.165) is 11.8 Å². The minimum absolute atomic E-state index is 0.0372. The highest BCUT2D eigenvalue weighted by molar-refractivity contribution is 9.10. The zero-order chi connectivity index (χ0) is 14.8. The predicted octanol–water partition coefficient (Wildman–Crippen LogP) is 3.16. The molecular formula is C16H21BrN2O2. The van der Waals surface area contributed by atoms with E-state index >= 15 is 0 Å². The molecule has 1 aromatic rings. The first-order valence-electron chi connectivity index (χ1n) is 7.66. The van der Waals surface area contributed by atoms with Crippen molar-refractivity contribution in [2.45, 2.75) is 38.6 Å². The summed E-state index contributed by atoms with van der Waals surface area (Å²) in [5, 5.41) is 3.10. The summed E-state index contributed by atoms with van der Waals surface area (Å²) in [6.45, 7) is 2.17. The summed E-state index contributed by atoms with van der Waals surface area (Å²) >= 11 is 3.31. The third kappa shape index (κ3) is 3.39. The number of halogens is 1. The van der Waals surface area contributed by atoms with Gasteiger partial charge in [-0.3, -0.25) is 4.79 Å². The molecule has 1 amide bonds. The van der Waals surface area contributed by atoms with Crippen LogP contribution in [-0.2, 0) is 4.79 Å². The Morgan fingerprint density at radius 2 is 2.38 bits per heavy atom. The van der Waals surface area contributed by atoms with Crippen LogP contribution in [0.15, 0.2) is 22.9 Å². The number of nitrogens with zero attached hydrogens (tertiary/aromatic N) is 1. The normalized spacial score (nSPS) is 28.4. The van der Waals surface area contributed by atoms with Gasteiger partial charge in [-0.1, -0.05) is 6.42 Å². The molecule has 5 heteroatoms. The average Bonchev–Trinajstić information content (AvgIpc) is 3.09. The Hall–Kier alpha value is -1.10. The number of ether oxygens (including phenoxy) is 1. The van der Waals surface area contributed by atoms with E-state index in [1.807, 2.05) is 0 Å².